The number of thioether (sulfide) groups is 1. The number of aliphatic hydroxyl groups is 1. The van der Waals surface area contributed by atoms with E-state index in [0.29, 0.717) is 42.0 Å². The molecule has 0 saturated carbocycles. The highest BCUT2D eigenvalue weighted by molar-refractivity contribution is 7.99. The lowest BCUT2D eigenvalue weighted by Crippen LogP contribution is -2.25. The third kappa shape index (κ3) is 6.19. The number of nitrogens with zero attached hydrogens (tertiary/aromatic N) is 1. The molecule has 0 radical (unpaired) electrons. The molecule has 28 heavy (non-hydrogen) atoms. The summed E-state index contributed by atoms with van der Waals surface area (Å²) >= 11 is 1.40. The molecule has 0 bridgehead atoms. The number of hydrogen-bond donors (Lipinski definition) is 1. The number of hydrogen-bond acceptors (Lipinski definition) is 5. The Morgan fingerprint density at radius 2 is 2.18 bits per heavy atom. The summed E-state index contributed by atoms with van der Waals surface area (Å²) in [6.07, 6.45) is 4.27. The Hall–Kier alpha value is -2.15. The number of aliphatic hydroxyl groups excluding tert-OH is 1. The van der Waals surface area contributed by atoms with Crippen LogP contribution in [-0.2, 0) is 9.63 Å². The second-order valence-electron chi connectivity index (χ2n) is 6.60. The van der Waals surface area contributed by atoms with Crippen molar-refractivity contribution in [2.24, 2.45) is 11.1 Å². The maximum atomic E-state index is 13.3. The molecule has 0 aromatic heterocycles. The van der Waals surface area contributed by atoms with E-state index in [1.165, 1.54) is 17.8 Å². The van der Waals surface area contributed by atoms with Gasteiger partial charge in [-0.3, -0.25) is 4.79 Å². The van der Waals surface area contributed by atoms with Crippen molar-refractivity contribution in [3.05, 3.63) is 53.8 Å². The Morgan fingerprint density at radius 1 is 1.39 bits per heavy atom. The summed E-state index contributed by atoms with van der Waals surface area (Å²) in [5.74, 6) is -1.18. The summed E-state index contributed by atoms with van der Waals surface area (Å²) in [4.78, 5) is 18.4. The molecule has 2 rings (SSSR count). The van der Waals surface area contributed by atoms with Crippen LogP contribution in [0, 0.1) is 17.6 Å². The molecule has 1 aromatic rings. The standard InChI is InChI=1S/C21H25F2NO3S/c1-3-5-18(24-27-9-4-2)21-19(25)11-14(12-20(21)26)8-10-28-15-6-7-16(22)17(23)13-15/h4,6-7,13-14,25H,2-3,5,8-12H2,1H3/b24-18+. The zero-order chi connectivity index (χ0) is 20.5. The van der Waals surface area contributed by atoms with Gasteiger partial charge in [-0.2, -0.15) is 0 Å². The number of ketones is 1. The van der Waals surface area contributed by atoms with Crippen LogP contribution >= 0.6 is 11.8 Å². The maximum Gasteiger partial charge on any atom is 0.168 e. The van der Waals surface area contributed by atoms with Gasteiger partial charge in [0.05, 0.1) is 11.3 Å². The molecule has 152 valence electrons. The van der Waals surface area contributed by atoms with Crippen LogP contribution in [0.1, 0.15) is 39.0 Å². The number of carbonyl (C=O) groups is 1. The van der Waals surface area contributed by atoms with Crippen molar-refractivity contribution in [3.8, 4) is 0 Å². The average molecular weight is 409 g/mol. The van der Waals surface area contributed by atoms with E-state index in [9.17, 15) is 18.7 Å². The van der Waals surface area contributed by atoms with Crippen molar-refractivity contribution in [2.45, 2.75) is 43.9 Å². The highest BCUT2D eigenvalue weighted by Crippen LogP contribution is 2.32. The molecule has 1 aliphatic carbocycles. The molecule has 0 amide bonds. The number of benzene rings is 1. The van der Waals surface area contributed by atoms with E-state index in [4.69, 9.17) is 4.84 Å². The van der Waals surface area contributed by atoms with Crippen LogP contribution < -0.4 is 0 Å². The molecule has 0 fully saturated rings. The quantitative estimate of drug-likeness (QED) is 0.180. The molecular weight excluding hydrogens is 384 g/mol. The Kier molecular flexibility index (Phi) is 8.70. The SMILES string of the molecule is C=CCO/N=C(\CCC)C1=C(O)CC(CCSc2ccc(F)c(F)c2)CC1=O. The summed E-state index contributed by atoms with van der Waals surface area (Å²) in [6, 6.07) is 3.80. The first-order valence-electron chi connectivity index (χ1n) is 9.29. The molecule has 0 spiro atoms. The predicted molar refractivity (Wildman–Crippen MR) is 108 cm³/mol. The van der Waals surface area contributed by atoms with E-state index in [1.54, 1.807) is 6.08 Å². The third-order valence-corrected chi connectivity index (χ3v) is 5.38. The second kappa shape index (κ2) is 11.0. The average Bonchev–Trinajstić information content (AvgIpc) is 2.64. The van der Waals surface area contributed by atoms with Gasteiger partial charge >= 0.3 is 0 Å². The van der Waals surface area contributed by atoms with Gasteiger partial charge in [0, 0.05) is 17.7 Å². The minimum absolute atomic E-state index is 0.00557. The smallest absolute Gasteiger partial charge is 0.168 e. The largest absolute Gasteiger partial charge is 0.511 e. The number of halogens is 2. The van der Waals surface area contributed by atoms with Gasteiger partial charge in [0.25, 0.3) is 0 Å². The minimum atomic E-state index is -0.871. The van der Waals surface area contributed by atoms with Gasteiger partial charge in [-0.15, -0.1) is 11.8 Å². The topological polar surface area (TPSA) is 58.9 Å². The van der Waals surface area contributed by atoms with Gasteiger partial charge in [0.2, 0.25) is 0 Å². The Morgan fingerprint density at radius 3 is 2.82 bits per heavy atom. The Labute approximate surface area is 168 Å². The first-order chi connectivity index (χ1) is 13.5. The summed E-state index contributed by atoms with van der Waals surface area (Å²) in [5.41, 5.74) is 0.747. The van der Waals surface area contributed by atoms with Gasteiger partial charge in [-0.25, -0.2) is 8.78 Å². The maximum absolute atomic E-state index is 13.3. The van der Waals surface area contributed by atoms with Crippen molar-refractivity contribution < 1.29 is 23.5 Å². The van der Waals surface area contributed by atoms with Crippen LogP contribution in [0.2, 0.25) is 0 Å². The first-order valence-corrected chi connectivity index (χ1v) is 10.3. The Balaban J connectivity index is 1.98. The first kappa shape index (κ1) is 22.1. The highest BCUT2D eigenvalue weighted by atomic mass is 32.2. The van der Waals surface area contributed by atoms with E-state index in [1.807, 2.05) is 6.92 Å². The molecule has 1 aromatic carbocycles. The summed E-state index contributed by atoms with van der Waals surface area (Å²) in [7, 11) is 0. The highest BCUT2D eigenvalue weighted by Gasteiger charge is 2.30. The van der Waals surface area contributed by atoms with Gasteiger partial charge in [0.15, 0.2) is 17.4 Å². The number of carbonyl (C=O) groups excluding carboxylic acids is 1. The molecule has 1 N–H and O–H groups in total. The second-order valence-corrected chi connectivity index (χ2v) is 7.77. The van der Waals surface area contributed by atoms with Crippen molar-refractivity contribution in [3.63, 3.8) is 0 Å². The van der Waals surface area contributed by atoms with Gasteiger partial charge < -0.3 is 9.94 Å². The molecule has 0 heterocycles. The van der Waals surface area contributed by atoms with E-state index in [-0.39, 0.29) is 29.6 Å². The van der Waals surface area contributed by atoms with E-state index in [2.05, 4.69) is 11.7 Å². The number of allylic oxidation sites excluding steroid dienone is 2. The molecule has 4 nitrogen and oxygen atoms in total. The van der Waals surface area contributed by atoms with Crippen LogP contribution in [0.15, 0.2) is 52.2 Å². The van der Waals surface area contributed by atoms with Gasteiger partial charge in [-0.1, -0.05) is 31.2 Å². The van der Waals surface area contributed by atoms with Crippen molar-refractivity contribution in [2.75, 3.05) is 12.4 Å². The third-order valence-electron chi connectivity index (χ3n) is 4.35. The molecule has 1 unspecified atom stereocenters. The summed E-state index contributed by atoms with van der Waals surface area (Å²) in [5, 5.41) is 14.5. The molecular formula is C21H25F2NO3S. The zero-order valence-corrected chi connectivity index (χ0v) is 16.7. The lowest BCUT2D eigenvalue weighted by Gasteiger charge is -2.23. The fourth-order valence-corrected chi connectivity index (χ4v) is 4.07. The van der Waals surface area contributed by atoms with Crippen molar-refractivity contribution >= 4 is 23.3 Å². The molecule has 0 aliphatic heterocycles. The van der Waals surface area contributed by atoms with Crippen LogP contribution in [0.3, 0.4) is 0 Å². The van der Waals surface area contributed by atoms with Gasteiger partial charge in [-0.05, 0) is 42.7 Å². The van der Waals surface area contributed by atoms with Crippen LogP contribution in [0.4, 0.5) is 8.78 Å². The lowest BCUT2D eigenvalue weighted by atomic mass is 9.83. The monoisotopic (exact) mass is 409 g/mol. The molecule has 1 aliphatic rings. The molecule has 7 heteroatoms. The van der Waals surface area contributed by atoms with Crippen LogP contribution in [-0.4, -0.2) is 29.0 Å². The van der Waals surface area contributed by atoms with E-state index >= 15 is 0 Å². The lowest BCUT2D eigenvalue weighted by molar-refractivity contribution is -0.116. The van der Waals surface area contributed by atoms with E-state index in [0.717, 1.165) is 18.6 Å². The van der Waals surface area contributed by atoms with Crippen molar-refractivity contribution in [1.82, 2.24) is 0 Å². The fraction of sp³-hybridized carbons (Fsp3) is 0.429. The van der Waals surface area contributed by atoms with Crippen LogP contribution in [0.5, 0.6) is 0 Å². The van der Waals surface area contributed by atoms with Crippen LogP contribution in [0.25, 0.3) is 0 Å². The van der Waals surface area contributed by atoms with E-state index < -0.39 is 11.6 Å². The number of oxime groups is 1. The van der Waals surface area contributed by atoms with Crippen molar-refractivity contribution in [1.29, 1.82) is 0 Å². The molecule has 0 saturated heterocycles. The minimum Gasteiger partial charge on any atom is -0.511 e. The zero-order valence-electron chi connectivity index (χ0n) is 15.9. The van der Waals surface area contributed by atoms with Gasteiger partial charge in [0.1, 0.15) is 12.4 Å². The fourth-order valence-electron chi connectivity index (χ4n) is 3.04. The summed E-state index contributed by atoms with van der Waals surface area (Å²) in [6.45, 7) is 5.75. The molecule has 1 atom stereocenters. The predicted octanol–water partition coefficient (Wildman–Crippen LogP) is 5.60. The number of rotatable bonds is 10. The normalized spacial score (nSPS) is 17.8. The summed E-state index contributed by atoms with van der Waals surface area (Å²) < 4.78 is 26.2. The number of Topliss-reactive ketones (excluding diaryl/α,β-unsaturated/α-hetero) is 1. The Bertz CT molecular complexity index is 777.